The molecular weight excluding hydrogens is 206 g/mol. The predicted molar refractivity (Wildman–Crippen MR) is 58.0 cm³/mol. The molecular formula is C9H9N7. The zero-order valence-corrected chi connectivity index (χ0v) is 8.55. The molecule has 3 aromatic rings. The van der Waals surface area contributed by atoms with E-state index < -0.39 is 0 Å². The van der Waals surface area contributed by atoms with Crippen LogP contribution in [0.15, 0.2) is 18.6 Å². The molecule has 0 fully saturated rings. The molecule has 0 unspecified atom stereocenters. The molecule has 0 aliphatic heterocycles. The van der Waals surface area contributed by atoms with Crippen molar-refractivity contribution in [2.45, 2.75) is 6.92 Å². The molecule has 16 heavy (non-hydrogen) atoms. The number of nitrogens with zero attached hydrogens (tertiary/aromatic N) is 5. The Balaban J connectivity index is 2.33. The fourth-order valence-corrected chi connectivity index (χ4v) is 1.66. The van der Waals surface area contributed by atoms with Crippen LogP contribution in [0, 0.1) is 6.92 Å². The third kappa shape index (κ3) is 1.08. The van der Waals surface area contributed by atoms with Crippen molar-refractivity contribution >= 4 is 16.9 Å². The van der Waals surface area contributed by atoms with Gasteiger partial charge in [-0.2, -0.15) is 14.9 Å². The van der Waals surface area contributed by atoms with E-state index in [1.807, 2.05) is 6.92 Å². The van der Waals surface area contributed by atoms with Gasteiger partial charge in [0.25, 0.3) is 0 Å². The SMILES string of the molecule is Cc1nn(-c2cnccn2)c2n[nH]c(N)c12. The fraction of sp³-hybridized carbons (Fsp3) is 0.111. The molecule has 0 amide bonds. The molecule has 3 aromatic heterocycles. The van der Waals surface area contributed by atoms with Crippen LogP contribution in [-0.4, -0.2) is 29.9 Å². The smallest absolute Gasteiger partial charge is 0.188 e. The fourth-order valence-electron chi connectivity index (χ4n) is 1.66. The minimum Gasteiger partial charge on any atom is -0.383 e. The van der Waals surface area contributed by atoms with Crippen LogP contribution in [0.5, 0.6) is 0 Å². The number of rotatable bonds is 1. The molecule has 3 heterocycles. The first-order valence-electron chi connectivity index (χ1n) is 4.73. The van der Waals surface area contributed by atoms with Gasteiger partial charge in [-0.3, -0.25) is 10.1 Å². The maximum absolute atomic E-state index is 5.76. The molecule has 0 spiro atoms. The summed E-state index contributed by atoms with van der Waals surface area (Å²) in [6.07, 6.45) is 4.83. The van der Waals surface area contributed by atoms with Crippen molar-refractivity contribution in [2.24, 2.45) is 0 Å². The molecule has 0 bridgehead atoms. The van der Waals surface area contributed by atoms with Crippen molar-refractivity contribution in [3.8, 4) is 5.82 Å². The highest BCUT2D eigenvalue weighted by Gasteiger charge is 2.15. The van der Waals surface area contributed by atoms with Gasteiger partial charge in [-0.25, -0.2) is 4.98 Å². The third-order valence-electron chi connectivity index (χ3n) is 2.35. The van der Waals surface area contributed by atoms with Gasteiger partial charge >= 0.3 is 0 Å². The second-order valence-corrected chi connectivity index (χ2v) is 3.40. The van der Waals surface area contributed by atoms with Crippen molar-refractivity contribution in [3.63, 3.8) is 0 Å². The van der Waals surface area contributed by atoms with Gasteiger partial charge in [0.15, 0.2) is 11.5 Å². The van der Waals surface area contributed by atoms with Crippen LogP contribution >= 0.6 is 0 Å². The van der Waals surface area contributed by atoms with Crippen molar-refractivity contribution in [1.82, 2.24) is 29.9 Å². The summed E-state index contributed by atoms with van der Waals surface area (Å²) in [5.41, 5.74) is 7.24. The first kappa shape index (κ1) is 8.84. The number of hydrogen-bond donors (Lipinski definition) is 2. The van der Waals surface area contributed by atoms with E-state index in [2.05, 4.69) is 25.3 Å². The quantitative estimate of drug-likeness (QED) is 0.613. The van der Waals surface area contributed by atoms with Crippen LogP contribution in [0.3, 0.4) is 0 Å². The molecule has 0 aromatic carbocycles. The van der Waals surface area contributed by atoms with E-state index in [9.17, 15) is 0 Å². The summed E-state index contributed by atoms with van der Waals surface area (Å²) in [6, 6.07) is 0. The van der Waals surface area contributed by atoms with Gasteiger partial charge in [-0.05, 0) is 6.92 Å². The molecule has 0 saturated carbocycles. The largest absolute Gasteiger partial charge is 0.383 e. The molecule has 7 heteroatoms. The van der Waals surface area contributed by atoms with E-state index in [1.165, 1.54) is 0 Å². The van der Waals surface area contributed by atoms with Crippen molar-refractivity contribution < 1.29 is 0 Å². The van der Waals surface area contributed by atoms with Crippen LogP contribution in [0.25, 0.3) is 16.9 Å². The Hall–Kier alpha value is -2.44. The topological polar surface area (TPSA) is 98.3 Å². The van der Waals surface area contributed by atoms with E-state index >= 15 is 0 Å². The second-order valence-electron chi connectivity index (χ2n) is 3.40. The number of nitrogens with one attached hydrogen (secondary N) is 1. The number of aromatic amines is 1. The Labute approximate surface area is 90.3 Å². The lowest BCUT2D eigenvalue weighted by molar-refractivity contribution is 0.830. The lowest BCUT2D eigenvalue weighted by atomic mass is 10.3. The number of aromatic nitrogens is 6. The zero-order chi connectivity index (χ0) is 11.1. The number of aryl methyl sites for hydroxylation is 1. The van der Waals surface area contributed by atoms with Crippen molar-refractivity contribution in [1.29, 1.82) is 0 Å². The molecule has 7 nitrogen and oxygen atoms in total. The van der Waals surface area contributed by atoms with E-state index in [-0.39, 0.29) is 0 Å². The number of H-pyrrole nitrogens is 1. The maximum Gasteiger partial charge on any atom is 0.188 e. The van der Waals surface area contributed by atoms with Gasteiger partial charge in [-0.1, -0.05) is 0 Å². The Morgan fingerprint density at radius 2 is 2.25 bits per heavy atom. The van der Waals surface area contributed by atoms with Gasteiger partial charge < -0.3 is 5.73 Å². The van der Waals surface area contributed by atoms with Crippen LogP contribution in [-0.2, 0) is 0 Å². The number of hydrogen-bond acceptors (Lipinski definition) is 5. The lowest BCUT2D eigenvalue weighted by Crippen LogP contribution is -2.00. The van der Waals surface area contributed by atoms with E-state index in [0.717, 1.165) is 11.1 Å². The third-order valence-corrected chi connectivity index (χ3v) is 2.35. The highest BCUT2D eigenvalue weighted by Crippen LogP contribution is 2.22. The summed E-state index contributed by atoms with van der Waals surface area (Å²) in [6.45, 7) is 1.88. The molecule has 0 aliphatic carbocycles. The molecule has 80 valence electrons. The summed E-state index contributed by atoms with van der Waals surface area (Å²) >= 11 is 0. The van der Waals surface area contributed by atoms with Crippen LogP contribution in [0.4, 0.5) is 5.82 Å². The number of anilines is 1. The van der Waals surface area contributed by atoms with Crippen LogP contribution in [0.2, 0.25) is 0 Å². The molecule has 0 saturated heterocycles. The zero-order valence-electron chi connectivity index (χ0n) is 8.55. The Morgan fingerprint density at radius 1 is 1.38 bits per heavy atom. The monoisotopic (exact) mass is 215 g/mol. The maximum atomic E-state index is 5.76. The lowest BCUT2D eigenvalue weighted by Gasteiger charge is -1.97. The summed E-state index contributed by atoms with van der Waals surface area (Å²) in [7, 11) is 0. The highest BCUT2D eigenvalue weighted by atomic mass is 15.4. The summed E-state index contributed by atoms with van der Waals surface area (Å²) < 4.78 is 1.62. The van der Waals surface area contributed by atoms with Gasteiger partial charge in [0.2, 0.25) is 0 Å². The van der Waals surface area contributed by atoms with Gasteiger partial charge in [-0.15, -0.1) is 0 Å². The van der Waals surface area contributed by atoms with E-state index in [4.69, 9.17) is 5.73 Å². The summed E-state index contributed by atoms with van der Waals surface area (Å²) in [5.74, 6) is 1.13. The van der Waals surface area contributed by atoms with Gasteiger partial charge in [0, 0.05) is 12.4 Å². The van der Waals surface area contributed by atoms with E-state index in [1.54, 1.807) is 23.3 Å². The predicted octanol–water partition coefficient (Wildman–Crippen LogP) is 0.429. The Kier molecular flexibility index (Phi) is 1.67. The summed E-state index contributed by atoms with van der Waals surface area (Å²) in [4.78, 5) is 8.16. The average molecular weight is 215 g/mol. The average Bonchev–Trinajstić information content (AvgIpc) is 2.83. The van der Waals surface area contributed by atoms with Crippen molar-refractivity contribution in [2.75, 3.05) is 5.73 Å². The minimum atomic E-state index is 0.516. The number of nitrogen functional groups attached to an aromatic ring is 1. The first-order valence-corrected chi connectivity index (χ1v) is 4.73. The first-order chi connectivity index (χ1) is 7.77. The molecule has 0 atom stereocenters. The minimum absolute atomic E-state index is 0.516. The molecule has 0 radical (unpaired) electrons. The van der Waals surface area contributed by atoms with Crippen molar-refractivity contribution in [3.05, 3.63) is 24.3 Å². The molecule has 3 rings (SSSR count). The Bertz CT molecular complexity index is 636. The van der Waals surface area contributed by atoms with Crippen LogP contribution < -0.4 is 5.73 Å². The van der Waals surface area contributed by atoms with Crippen LogP contribution in [0.1, 0.15) is 5.69 Å². The number of fused-ring (bicyclic) bond motifs is 1. The van der Waals surface area contributed by atoms with Gasteiger partial charge in [0.1, 0.15) is 5.82 Å². The van der Waals surface area contributed by atoms with E-state index in [0.29, 0.717) is 17.3 Å². The number of nitrogens with two attached hydrogens (primary N) is 1. The highest BCUT2D eigenvalue weighted by molar-refractivity contribution is 5.89. The summed E-state index contributed by atoms with van der Waals surface area (Å²) in [5, 5.41) is 12.0. The normalized spacial score (nSPS) is 11.1. The Morgan fingerprint density at radius 3 is 3.00 bits per heavy atom. The molecule has 0 aliphatic rings. The second kappa shape index (κ2) is 3.02. The standard InChI is InChI=1S/C9H9N7/c1-5-7-8(10)13-14-9(7)16(15-5)6-4-11-2-3-12-6/h2-4H,1H3,(H3,10,13,14). The van der Waals surface area contributed by atoms with Gasteiger partial charge in [0.05, 0.1) is 17.3 Å². The molecule has 3 N–H and O–H groups in total.